The summed E-state index contributed by atoms with van der Waals surface area (Å²) in [6.45, 7) is 0.596. The Balaban J connectivity index is 2.49. The van der Waals surface area contributed by atoms with Crippen molar-refractivity contribution < 1.29 is 0 Å². The summed E-state index contributed by atoms with van der Waals surface area (Å²) in [6.07, 6.45) is 2.58. The topological polar surface area (TPSA) is 51.8 Å². The van der Waals surface area contributed by atoms with Gasteiger partial charge in [0.1, 0.15) is 5.82 Å². The monoisotopic (exact) mass is 173 g/mol. The summed E-state index contributed by atoms with van der Waals surface area (Å²) in [6, 6.07) is 7.94. The fourth-order valence-electron chi connectivity index (χ4n) is 1.26. The van der Waals surface area contributed by atoms with E-state index in [9.17, 15) is 0 Å². The predicted molar refractivity (Wildman–Crippen MR) is 52.3 cm³/mol. The standard InChI is InChI=1S/C10H11N3/c11-6-5-10-12-7-8-3-1-2-4-9(8)13-10/h1-4,7H,5-6,11H2. The third-order valence-corrected chi connectivity index (χ3v) is 1.91. The first-order valence-electron chi connectivity index (χ1n) is 4.31. The summed E-state index contributed by atoms with van der Waals surface area (Å²) in [4.78, 5) is 8.58. The Morgan fingerprint density at radius 1 is 1.23 bits per heavy atom. The average Bonchev–Trinajstić information content (AvgIpc) is 2.18. The van der Waals surface area contributed by atoms with E-state index in [2.05, 4.69) is 9.97 Å². The van der Waals surface area contributed by atoms with Crippen LogP contribution in [-0.4, -0.2) is 16.5 Å². The van der Waals surface area contributed by atoms with Crippen molar-refractivity contribution in [3.63, 3.8) is 0 Å². The first-order chi connectivity index (χ1) is 6.40. The quantitative estimate of drug-likeness (QED) is 0.740. The number of benzene rings is 1. The van der Waals surface area contributed by atoms with Crippen LogP contribution in [0.15, 0.2) is 30.5 Å². The zero-order valence-corrected chi connectivity index (χ0v) is 7.27. The van der Waals surface area contributed by atoms with Gasteiger partial charge in [0.15, 0.2) is 0 Å². The van der Waals surface area contributed by atoms with Gasteiger partial charge in [0.25, 0.3) is 0 Å². The summed E-state index contributed by atoms with van der Waals surface area (Å²) in [5, 5.41) is 1.07. The summed E-state index contributed by atoms with van der Waals surface area (Å²) >= 11 is 0. The van der Waals surface area contributed by atoms with E-state index in [1.54, 1.807) is 0 Å². The van der Waals surface area contributed by atoms with Gasteiger partial charge in [-0.3, -0.25) is 0 Å². The molecule has 1 aromatic heterocycles. The molecule has 1 aromatic carbocycles. The van der Waals surface area contributed by atoms with Crippen LogP contribution >= 0.6 is 0 Å². The van der Waals surface area contributed by atoms with E-state index >= 15 is 0 Å². The molecule has 0 aliphatic heterocycles. The van der Waals surface area contributed by atoms with Crippen molar-refractivity contribution in [2.45, 2.75) is 6.42 Å². The summed E-state index contributed by atoms with van der Waals surface area (Å²) < 4.78 is 0. The lowest BCUT2D eigenvalue weighted by molar-refractivity contribution is 0.879. The van der Waals surface area contributed by atoms with Crippen molar-refractivity contribution in [1.29, 1.82) is 0 Å². The normalized spacial score (nSPS) is 10.5. The third-order valence-electron chi connectivity index (χ3n) is 1.91. The van der Waals surface area contributed by atoms with Gasteiger partial charge in [-0.25, -0.2) is 9.97 Å². The van der Waals surface area contributed by atoms with Crippen molar-refractivity contribution in [2.75, 3.05) is 6.54 Å². The molecule has 13 heavy (non-hydrogen) atoms. The fraction of sp³-hybridized carbons (Fsp3) is 0.200. The Labute approximate surface area is 76.6 Å². The van der Waals surface area contributed by atoms with Crippen LogP contribution in [0.25, 0.3) is 10.9 Å². The molecule has 2 rings (SSSR count). The van der Waals surface area contributed by atoms with Gasteiger partial charge >= 0.3 is 0 Å². The summed E-state index contributed by atoms with van der Waals surface area (Å²) in [7, 11) is 0. The number of nitrogens with zero attached hydrogens (tertiary/aromatic N) is 2. The van der Waals surface area contributed by atoms with E-state index in [-0.39, 0.29) is 0 Å². The van der Waals surface area contributed by atoms with Crippen LogP contribution in [0.3, 0.4) is 0 Å². The highest BCUT2D eigenvalue weighted by Crippen LogP contribution is 2.09. The molecule has 0 spiro atoms. The molecule has 0 saturated carbocycles. The number of hydrogen-bond donors (Lipinski definition) is 1. The highest BCUT2D eigenvalue weighted by Gasteiger charge is 1.97. The van der Waals surface area contributed by atoms with Gasteiger partial charge in [-0.15, -0.1) is 0 Å². The largest absolute Gasteiger partial charge is 0.330 e. The molecular weight excluding hydrogens is 162 g/mol. The highest BCUT2D eigenvalue weighted by molar-refractivity contribution is 5.77. The SMILES string of the molecule is NCCc1ncc2ccccc2n1. The van der Waals surface area contributed by atoms with E-state index in [1.165, 1.54) is 0 Å². The predicted octanol–water partition coefficient (Wildman–Crippen LogP) is 1.13. The van der Waals surface area contributed by atoms with Crippen LogP contribution in [0.4, 0.5) is 0 Å². The molecule has 66 valence electrons. The molecule has 0 saturated heterocycles. The van der Waals surface area contributed by atoms with Crippen LogP contribution in [0.1, 0.15) is 5.82 Å². The van der Waals surface area contributed by atoms with Gasteiger partial charge in [-0.1, -0.05) is 18.2 Å². The van der Waals surface area contributed by atoms with Gasteiger partial charge in [0.05, 0.1) is 5.52 Å². The Morgan fingerprint density at radius 2 is 2.08 bits per heavy atom. The van der Waals surface area contributed by atoms with Gasteiger partial charge in [0.2, 0.25) is 0 Å². The van der Waals surface area contributed by atoms with E-state index < -0.39 is 0 Å². The molecule has 0 radical (unpaired) electrons. The van der Waals surface area contributed by atoms with Crippen LogP contribution in [0, 0.1) is 0 Å². The Bertz CT molecular complexity index is 412. The Kier molecular flexibility index (Phi) is 2.19. The first kappa shape index (κ1) is 8.13. The van der Waals surface area contributed by atoms with Crippen molar-refractivity contribution >= 4 is 10.9 Å². The van der Waals surface area contributed by atoms with Gasteiger partial charge in [-0.2, -0.15) is 0 Å². The number of nitrogens with two attached hydrogens (primary N) is 1. The molecule has 0 aliphatic carbocycles. The second kappa shape index (κ2) is 3.49. The van der Waals surface area contributed by atoms with E-state index in [1.807, 2.05) is 30.5 Å². The average molecular weight is 173 g/mol. The van der Waals surface area contributed by atoms with E-state index in [4.69, 9.17) is 5.73 Å². The molecule has 1 heterocycles. The van der Waals surface area contributed by atoms with E-state index in [0.29, 0.717) is 6.54 Å². The maximum Gasteiger partial charge on any atom is 0.130 e. The van der Waals surface area contributed by atoms with Crippen LogP contribution in [0.5, 0.6) is 0 Å². The lowest BCUT2D eigenvalue weighted by Crippen LogP contribution is -2.06. The Morgan fingerprint density at radius 3 is 2.92 bits per heavy atom. The second-order valence-corrected chi connectivity index (χ2v) is 2.88. The molecule has 2 aromatic rings. The van der Waals surface area contributed by atoms with Crippen molar-refractivity contribution in [3.05, 3.63) is 36.3 Å². The molecule has 3 nitrogen and oxygen atoms in total. The summed E-state index contributed by atoms with van der Waals surface area (Å²) in [5.74, 6) is 0.821. The first-order valence-corrected chi connectivity index (χ1v) is 4.31. The highest BCUT2D eigenvalue weighted by atomic mass is 14.9. The maximum atomic E-state index is 5.42. The minimum absolute atomic E-state index is 0.596. The molecule has 0 amide bonds. The molecule has 0 fully saturated rings. The van der Waals surface area contributed by atoms with Crippen molar-refractivity contribution in [2.24, 2.45) is 5.73 Å². The molecule has 0 aliphatic rings. The van der Waals surface area contributed by atoms with Crippen molar-refractivity contribution in [3.8, 4) is 0 Å². The molecule has 0 unspecified atom stereocenters. The van der Waals surface area contributed by atoms with Gasteiger partial charge in [0, 0.05) is 18.0 Å². The number of rotatable bonds is 2. The molecule has 0 bridgehead atoms. The number of aromatic nitrogens is 2. The van der Waals surface area contributed by atoms with Crippen LogP contribution < -0.4 is 5.73 Å². The lowest BCUT2D eigenvalue weighted by Gasteiger charge is -1.99. The number of hydrogen-bond acceptors (Lipinski definition) is 3. The van der Waals surface area contributed by atoms with Gasteiger partial charge < -0.3 is 5.73 Å². The van der Waals surface area contributed by atoms with Gasteiger partial charge in [-0.05, 0) is 12.6 Å². The third kappa shape index (κ3) is 1.65. The maximum absolute atomic E-state index is 5.42. The zero-order chi connectivity index (χ0) is 9.10. The number of fused-ring (bicyclic) bond motifs is 1. The fourth-order valence-corrected chi connectivity index (χ4v) is 1.26. The minimum atomic E-state index is 0.596. The molecular formula is C10H11N3. The lowest BCUT2D eigenvalue weighted by atomic mass is 10.2. The van der Waals surface area contributed by atoms with Crippen LogP contribution in [0.2, 0.25) is 0 Å². The molecule has 2 N–H and O–H groups in total. The second-order valence-electron chi connectivity index (χ2n) is 2.88. The van der Waals surface area contributed by atoms with Crippen molar-refractivity contribution in [1.82, 2.24) is 9.97 Å². The number of para-hydroxylation sites is 1. The molecule has 3 heteroatoms. The minimum Gasteiger partial charge on any atom is -0.330 e. The van der Waals surface area contributed by atoms with Crippen LogP contribution in [-0.2, 0) is 6.42 Å². The Hall–Kier alpha value is -1.48. The summed E-state index contributed by atoms with van der Waals surface area (Å²) in [5.41, 5.74) is 6.41. The zero-order valence-electron chi connectivity index (χ0n) is 7.27. The smallest absolute Gasteiger partial charge is 0.130 e. The van der Waals surface area contributed by atoms with E-state index in [0.717, 1.165) is 23.1 Å². The molecule has 0 atom stereocenters.